The van der Waals surface area contributed by atoms with Crippen LogP contribution in [0.1, 0.15) is 43.6 Å². The molecule has 0 aliphatic carbocycles. The molecule has 1 aliphatic rings. The molecule has 0 bridgehead atoms. The van der Waals surface area contributed by atoms with Crippen LogP contribution in [0.25, 0.3) is 17.0 Å². The Hall–Kier alpha value is -4.42. The Bertz CT molecular complexity index is 1830. The standard InChI is InChI=1S/C30H28N4O4S/c1-5-37-21-13-11-20(12-14-21)27-26(29(36)38-6-2)18(3)32-30-34(27)28(35)25(39-30)17-23-19(4)33(16-15-31)24-10-8-7-9-22(23)24/h7-14,17,27H,5-6,16H2,1-4H3/b25-17-/t27-/m0/s1. The number of ether oxygens (including phenoxy) is 2. The zero-order valence-corrected chi connectivity index (χ0v) is 23.0. The molecular weight excluding hydrogens is 512 g/mol. The number of carbonyl (C=O) groups excluding carboxylic acids is 1. The van der Waals surface area contributed by atoms with Crippen LogP contribution in [0.3, 0.4) is 0 Å². The van der Waals surface area contributed by atoms with Crippen molar-refractivity contribution in [1.82, 2.24) is 9.13 Å². The predicted octanol–water partition coefficient (Wildman–Crippen LogP) is 3.98. The molecule has 5 rings (SSSR count). The number of rotatable bonds is 7. The van der Waals surface area contributed by atoms with Gasteiger partial charge in [0.15, 0.2) is 4.80 Å². The molecule has 0 saturated heterocycles. The Balaban J connectivity index is 1.74. The van der Waals surface area contributed by atoms with Crippen LogP contribution < -0.4 is 19.6 Å². The van der Waals surface area contributed by atoms with Crippen molar-refractivity contribution in [2.75, 3.05) is 13.2 Å². The molecule has 0 spiro atoms. The fourth-order valence-corrected chi connectivity index (χ4v) is 6.09. The van der Waals surface area contributed by atoms with Gasteiger partial charge in [0.2, 0.25) is 0 Å². The van der Waals surface area contributed by atoms with Crippen molar-refractivity contribution in [3.05, 3.63) is 96.3 Å². The summed E-state index contributed by atoms with van der Waals surface area (Å²) in [5, 5.41) is 10.3. The SMILES string of the molecule is CCOC(=O)C1=C(C)N=c2s/c(=C\c3c(C)n(CC#N)c4ccccc34)c(=O)n2[C@H]1c1ccc(OCC)cc1. The van der Waals surface area contributed by atoms with Crippen molar-refractivity contribution in [2.45, 2.75) is 40.3 Å². The van der Waals surface area contributed by atoms with Gasteiger partial charge in [0.1, 0.15) is 12.3 Å². The van der Waals surface area contributed by atoms with Crippen LogP contribution in [-0.2, 0) is 16.1 Å². The quantitative estimate of drug-likeness (QED) is 0.330. The van der Waals surface area contributed by atoms with Crippen molar-refractivity contribution in [3.63, 3.8) is 0 Å². The highest BCUT2D eigenvalue weighted by Crippen LogP contribution is 2.32. The van der Waals surface area contributed by atoms with Crippen molar-refractivity contribution in [3.8, 4) is 11.8 Å². The van der Waals surface area contributed by atoms with Crippen molar-refractivity contribution in [2.24, 2.45) is 4.99 Å². The number of fused-ring (bicyclic) bond motifs is 2. The zero-order chi connectivity index (χ0) is 27.7. The summed E-state index contributed by atoms with van der Waals surface area (Å²) in [7, 11) is 0. The fourth-order valence-electron chi connectivity index (χ4n) is 5.07. The number of hydrogen-bond acceptors (Lipinski definition) is 7. The lowest BCUT2D eigenvalue weighted by atomic mass is 9.96. The van der Waals surface area contributed by atoms with Crippen LogP contribution in [0, 0.1) is 18.3 Å². The summed E-state index contributed by atoms with van der Waals surface area (Å²) in [5.74, 6) is 0.207. The molecule has 1 atom stereocenters. The average molecular weight is 541 g/mol. The number of nitriles is 1. The summed E-state index contributed by atoms with van der Waals surface area (Å²) < 4.78 is 15.0. The highest BCUT2D eigenvalue weighted by molar-refractivity contribution is 7.07. The molecule has 0 saturated carbocycles. The number of aromatic nitrogens is 2. The minimum absolute atomic E-state index is 0.210. The van der Waals surface area contributed by atoms with Crippen LogP contribution in [0.15, 0.2) is 69.6 Å². The zero-order valence-electron chi connectivity index (χ0n) is 22.2. The van der Waals surface area contributed by atoms with E-state index < -0.39 is 12.0 Å². The molecule has 0 unspecified atom stereocenters. The van der Waals surface area contributed by atoms with Gasteiger partial charge in [-0.2, -0.15) is 5.26 Å². The number of carbonyl (C=O) groups is 1. The van der Waals surface area contributed by atoms with Crippen molar-refractivity contribution >= 4 is 34.3 Å². The summed E-state index contributed by atoms with van der Waals surface area (Å²) in [4.78, 5) is 32.3. The Morgan fingerprint density at radius 1 is 1.13 bits per heavy atom. The van der Waals surface area contributed by atoms with Gasteiger partial charge in [-0.3, -0.25) is 9.36 Å². The van der Waals surface area contributed by atoms with Crippen molar-refractivity contribution in [1.29, 1.82) is 5.26 Å². The minimum atomic E-state index is -0.695. The average Bonchev–Trinajstić information content (AvgIpc) is 3.37. The molecule has 39 heavy (non-hydrogen) atoms. The Labute approximate surface area is 229 Å². The largest absolute Gasteiger partial charge is 0.494 e. The maximum atomic E-state index is 14.0. The monoisotopic (exact) mass is 540 g/mol. The van der Waals surface area contributed by atoms with Gasteiger partial charge >= 0.3 is 5.97 Å². The second-order valence-electron chi connectivity index (χ2n) is 9.06. The van der Waals surface area contributed by atoms with Crippen LogP contribution in [0.4, 0.5) is 0 Å². The first-order valence-corrected chi connectivity index (χ1v) is 13.6. The van der Waals surface area contributed by atoms with E-state index in [0.29, 0.717) is 33.0 Å². The molecule has 198 valence electrons. The van der Waals surface area contributed by atoms with Gasteiger partial charge in [-0.25, -0.2) is 9.79 Å². The number of benzene rings is 2. The van der Waals surface area contributed by atoms with Crippen LogP contribution in [0.2, 0.25) is 0 Å². The molecule has 2 aromatic heterocycles. The Morgan fingerprint density at radius 3 is 2.56 bits per heavy atom. The number of allylic oxidation sites excluding steroid dienone is 1. The smallest absolute Gasteiger partial charge is 0.338 e. The van der Waals surface area contributed by atoms with Crippen molar-refractivity contribution < 1.29 is 14.3 Å². The maximum absolute atomic E-state index is 14.0. The van der Waals surface area contributed by atoms with E-state index in [2.05, 4.69) is 11.1 Å². The highest BCUT2D eigenvalue weighted by Gasteiger charge is 2.33. The highest BCUT2D eigenvalue weighted by atomic mass is 32.1. The number of nitrogens with zero attached hydrogens (tertiary/aromatic N) is 4. The fraction of sp³-hybridized carbons (Fsp3) is 0.267. The van der Waals surface area contributed by atoms with Crippen LogP contribution >= 0.6 is 11.3 Å². The molecule has 3 heterocycles. The Kier molecular flexibility index (Phi) is 7.22. The Morgan fingerprint density at radius 2 is 1.87 bits per heavy atom. The molecule has 0 radical (unpaired) electrons. The van der Waals surface area contributed by atoms with Gasteiger partial charge in [-0.05, 0) is 57.5 Å². The molecule has 4 aromatic rings. The number of thiazole rings is 1. The van der Waals surface area contributed by atoms with E-state index in [1.807, 2.05) is 73.0 Å². The third-order valence-corrected chi connectivity index (χ3v) is 7.79. The summed E-state index contributed by atoms with van der Waals surface area (Å²) in [6.07, 6.45) is 1.87. The van der Waals surface area contributed by atoms with Gasteiger partial charge in [0.05, 0.1) is 41.1 Å². The third-order valence-electron chi connectivity index (χ3n) is 6.81. The van der Waals surface area contributed by atoms with E-state index in [0.717, 1.165) is 27.7 Å². The molecular formula is C30H28N4O4S. The summed E-state index contributed by atoms with van der Waals surface area (Å²) >= 11 is 1.28. The number of hydrogen-bond donors (Lipinski definition) is 0. The third kappa shape index (κ3) is 4.57. The molecule has 8 nitrogen and oxygen atoms in total. The van der Waals surface area contributed by atoms with Gasteiger partial charge in [-0.1, -0.05) is 41.7 Å². The number of esters is 1. The number of para-hydroxylation sites is 1. The summed E-state index contributed by atoms with van der Waals surface area (Å²) in [6.45, 7) is 8.34. The molecule has 0 fully saturated rings. The second kappa shape index (κ2) is 10.8. The van der Waals surface area contributed by atoms with E-state index in [9.17, 15) is 14.9 Å². The van der Waals surface area contributed by atoms with Crippen LogP contribution in [-0.4, -0.2) is 28.3 Å². The van der Waals surface area contributed by atoms with Gasteiger partial charge in [-0.15, -0.1) is 0 Å². The maximum Gasteiger partial charge on any atom is 0.338 e. The normalized spacial score (nSPS) is 15.2. The lowest BCUT2D eigenvalue weighted by molar-refractivity contribution is -0.139. The first-order chi connectivity index (χ1) is 18.9. The first-order valence-electron chi connectivity index (χ1n) is 12.8. The molecule has 1 aliphatic heterocycles. The second-order valence-corrected chi connectivity index (χ2v) is 10.1. The van der Waals surface area contributed by atoms with Gasteiger partial charge in [0, 0.05) is 22.2 Å². The van der Waals surface area contributed by atoms with E-state index in [1.54, 1.807) is 18.4 Å². The lowest BCUT2D eigenvalue weighted by Gasteiger charge is -2.24. The van der Waals surface area contributed by atoms with Gasteiger partial charge < -0.3 is 14.0 Å². The molecule has 0 amide bonds. The lowest BCUT2D eigenvalue weighted by Crippen LogP contribution is -2.39. The van der Waals surface area contributed by atoms with E-state index in [1.165, 1.54) is 11.3 Å². The first kappa shape index (κ1) is 26.2. The topological polar surface area (TPSA) is 98.6 Å². The predicted molar refractivity (Wildman–Crippen MR) is 150 cm³/mol. The van der Waals surface area contributed by atoms with E-state index in [4.69, 9.17) is 9.47 Å². The van der Waals surface area contributed by atoms with E-state index in [-0.39, 0.29) is 18.7 Å². The van der Waals surface area contributed by atoms with E-state index >= 15 is 0 Å². The molecule has 2 aromatic carbocycles. The molecule has 0 N–H and O–H groups in total. The molecule has 9 heteroatoms. The van der Waals surface area contributed by atoms with Crippen LogP contribution in [0.5, 0.6) is 5.75 Å². The minimum Gasteiger partial charge on any atom is -0.494 e. The van der Waals surface area contributed by atoms with Gasteiger partial charge in [0.25, 0.3) is 5.56 Å². The summed E-state index contributed by atoms with van der Waals surface area (Å²) in [5.41, 5.74) is 4.07. The summed E-state index contributed by atoms with van der Waals surface area (Å²) in [6, 6.07) is 16.8.